The fourth-order valence-corrected chi connectivity index (χ4v) is 3.31. The van der Waals surface area contributed by atoms with Crippen LogP contribution in [-0.2, 0) is 27.3 Å². The molecule has 1 atom stereocenters. The molecular weight excluding hydrogens is 406 g/mol. The lowest BCUT2D eigenvalue weighted by atomic mass is 10.2. The van der Waals surface area contributed by atoms with E-state index in [4.69, 9.17) is 21.1 Å². The van der Waals surface area contributed by atoms with Gasteiger partial charge in [0.05, 0.1) is 23.8 Å². The Morgan fingerprint density at radius 1 is 1.27 bits per heavy atom. The first-order valence-electron chi connectivity index (χ1n) is 9.62. The van der Waals surface area contributed by atoms with Crippen molar-refractivity contribution in [3.05, 3.63) is 52.8 Å². The second kappa shape index (κ2) is 9.17. The van der Waals surface area contributed by atoms with Crippen molar-refractivity contribution in [3.63, 3.8) is 0 Å². The lowest BCUT2D eigenvalue weighted by Crippen LogP contribution is -2.31. The number of nitrogens with zero attached hydrogens (tertiary/aromatic N) is 2. The Bertz CT molecular complexity index is 1090. The Morgan fingerprint density at radius 2 is 2.00 bits per heavy atom. The van der Waals surface area contributed by atoms with Crippen LogP contribution in [0.2, 0.25) is 5.02 Å². The monoisotopic (exact) mass is 429 g/mol. The number of carbonyl (C=O) groups is 2. The van der Waals surface area contributed by atoms with Gasteiger partial charge in [-0.2, -0.15) is 0 Å². The number of rotatable bonds is 7. The van der Waals surface area contributed by atoms with Gasteiger partial charge in [-0.3, -0.25) is 9.59 Å². The number of hydrogen-bond acceptors (Lipinski definition) is 5. The first kappa shape index (κ1) is 21.6. The predicted molar refractivity (Wildman–Crippen MR) is 116 cm³/mol. The van der Waals surface area contributed by atoms with E-state index in [1.54, 1.807) is 12.1 Å². The summed E-state index contributed by atoms with van der Waals surface area (Å²) in [6.07, 6.45) is -0.314. The van der Waals surface area contributed by atoms with Gasteiger partial charge in [-0.15, -0.1) is 0 Å². The molecule has 1 unspecified atom stereocenters. The van der Waals surface area contributed by atoms with E-state index in [-0.39, 0.29) is 6.54 Å². The molecule has 0 bridgehead atoms. The molecule has 7 nitrogen and oxygen atoms in total. The molecule has 1 aromatic heterocycles. The molecule has 0 aliphatic heterocycles. The van der Waals surface area contributed by atoms with Gasteiger partial charge in [-0.25, -0.2) is 4.98 Å². The van der Waals surface area contributed by atoms with E-state index in [1.807, 2.05) is 42.7 Å². The van der Waals surface area contributed by atoms with Gasteiger partial charge in [-0.05, 0) is 37.6 Å². The molecule has 3 aromatic rings. The fourth-order valence-electron chi connectivity index (χ4n) is 3.15. The maximum atomic E-state index is 12.6. The van der Waals surface area contributed by atoms with Crippen LogP contribution in [0.5, 0.6) is 5.75 Å². The minimum Gasteiger partial charge on any atom is -0.495 e. The van der Waals surface area contributed by atoms with Crippen LogP contribution >= 0.6 is 11.6 Å². The van der Waals surface area contributed by atoms with Crippen LogP contribution in [0.25, 0.3) is 11.0 Å². The second-order valence-electron chi connectivity index (χ2n) is 6.88. The van der Waals surface area contributed by atoms with Crippen LogP contribution in [0.3, 0.4) is 0 Å². The summed E-state index contributed by atoms with van der Waals surface area (Å²) in [7, 11) is 1.49. The Labute approximate surface area is 179 Å². The zero-order valence-electron chi connectivity index (χ0n) is 17.4. The third-order valence-electron chi connectivity index (χ3n) is 4.75. The zero-order chi connectivity index (χ0) is 21.8. The summed E-state index contributed by atoms with van der Waals surface area (Å²) >= 11 is 6.10. The molecule has 8 heteroatoms. The third kappa shape index (κ3) is 4.57. The highest BCUT2D eigenvalue weighted by Gasteiger charge is 2.21. The van der Waals surface area contributed by atoms with Crippen LogP contribution in [0.15, 0.2) is 36.4 Å². The molecule has 0 saturated carbocycles. The summed E-state index contributed by atoms with van der Waals surface area (Å²) in [5.41, 5.74) is 2.92. The van der Waals surface area contributed by atoms with Crippen LogP contribution < -0.4 is 10.1 Å². The maximum absolute atomic E-state index is 12.6. The van der Waals surface area contributed by atoms with Crippen LogP contribution in [-0.4, -0.2) is 34.6 Å². The molecular formula is C22H24ClN3O4. The molecule has 158 valence electrons. The number of methoxy groups -OCH3 is 1. The Hall–Kier alpha value is -3.06. The van der Waals surface area contributed by atoms with Crippen molar-refractivity contribution in [1.82, 2.24) is 9.55 Å². The van der Waals surface area contributed by atoms with Crippen LogP contribution in [0.1, 0.15) is 25.2 Å². The number of anilines is 1. The van der Waals surface area contributed by atoms with Gasteiger partial charge in [0.15, 0.2) is 6.10 Å². The number of ether oxygens (including phenoxy) is 2. The molecule has 0 radical (unpaired) electrons. The van der Waals surface area contributed by atoms with E-state index in [0.717, 1.165) is 22.4 Å². The molecule has 0 aliphatic rings. The quantitative estimate of drug-likeness (QED) is 0.571. The molecule has 0 aliphatic carbocycles. The number of hydrogen-bond donors (Lipinski definition) is 1. The highest BCUT2D eigenvalue weighted by Crippen LogP contribution is 2.31. The Morgan fingerprint density at radius 3 is 2.70 bits per heavy atom. The number of para-hydroxylation sites is 2. The smallest absolute Gasteiger partial charge is 0.326 e. The Balaban J connectivity index is 1.69. The summed E-state index contributed by atoms with van der Waals surface area (Å²) in [6.45, 7) is 5.29. The number of halogens is 1. The maximum Gasteiger partial charge on any atom is 0.326 e. The largest absolute Gasteiger partial charge is 0.495 e. The van der Waals surface area contributed by atoms with Gasteiger partial charge >= 0.3 is 5.97 Å². The number of amides is 1. The summed E-state index contributed by atoms with van der Waals surface area (Å²) in [4.78, 5) is 29.6. The normalized spacial score (nSPS) is 11.9. The molecule has 2 aromatic carbocycles. The summed E-state index contributed by atoms with van der Waals surface area (Å²) in [5.74, 6) is 0.228. The molecule has 30 heavy (non-hydrogen) atoms. The van der Waals surface area contributed by atoms with Crippen LogP contribution in [0, 0.1) is 6.92 Å². The summed E-state index contributed by atoms with van der Waals surface area (Å²) in [6, 6.07) is 10.9. The number of benzene rings is 2. The molecule has 0 spiro atoms. The van der Waals surface area contributed by atoms with Crippen LogP contribution in [0.4, 0.5) is 5.69 Å². The van der Waals surface area contributed by atoms with Crippen molar-refractivity contribution in [2.24, 2.45) is 0 Å². The van der Waals surface area contributed by atoms with Crippen molar-refractivity contribution in [1.29, 1.82) is 0 Å². The molecule has 1 N–H and O–H groups in total. The molecule has 3 rings (SSSR count). The van der Waals surface area contributed by atoms with Gasteiger partial charge in [0.25, 0.3) is 5.91 Å². The number of nitrogens with one attached hydrogen (secondary N) is 1. The van der Waals surface area contributed by atoms with Crippen molar-refractivity contribution in [3.8, 4) is 5.75 Å². The van der Waals surface area contributed by atoms with Gasteiger partial charge < -0.3 is 19.4 Å². The van der Waals surface area contributed by atoms with E-state index < -0.39 is 18.0 Å². The zero-order valence-corrected chi connectivity index (χ0v) is 18.1. The second-order valence-corrected chi connectivity index (χ2v) is 7.29. The highest BCUT2D eigenvalue weighted by atomic mass is 35.5. The van der Waals surface area contributed by atoms with Gasteiger partial charge in [0.1, 0.15) is 18.1 Å². The lowest BCUT2D eigenvalue weighted by Gasteiger charge is -2.17. The SMILES string of the molecule is CCc1nc2ccccc2n1CC(=O)OC(C)C(=O)Nc1cc(C)c(Cl)cc1OC. The van der Waals surface area contributed by atoms with E-state index in [2.05, 4.69) is 10.3 Å². The number of aromatic nitrogens is 2. The van der Waals surface area contributed by atoms with Crippen molar-refractivity contribution < 1.29 is 19.1 Å². The van der Waals surface area contributed by atoms with E-state index in [1.165, 1.54) is 14.0 Å². The van der Waals surface area contributed by atoms with Gasteiger partial charge in [0.2, 0.25) is 0 Å². The van der Waals surface area contributed by atoms with Gasteiger partial charge in [-0.1, -0.05) is 30.7 Å². The molecule has 0 fully saturated rings. The number of carbonyl (C=O) groups excluding carboxylic acids is 2. The number of imidazole rings is 1. The standard InChI is InChI=1S/C22H24ClN3O4/c1-5-20-24-16-8-6-7-9-18(16)26(20)12-21(27)30-14(3)22(28)25-17-10-13(2)15(23)11-19(17)29-4/h6-11,14H,5,12H2,1-4H3,(H,25,28). The third-order valence-corrected chi connectivity index (χ3v) is 5.16. The molecule has 0 saturated heterocycles. The van der Waals surface area contributed by atoms with Gasteiger partial charge in [0, 0.05) is 17.5 Å². The Kier molecular flexibility index (Phi) is 6.62. The van der Waals surface area contributed by atoms with E-state index >= 15 is 0 Å². The lowest BCUT2D eigenvalue weighted by molar-refractivity contribution is -0.153. The first-order chi connectivity index (χ1) is 14.3. The van der Waals surface area contributed by atoms with E-state index in [0.29, 0.717) is 22.9 Å². The molecule has 1 heterocycles. The average Bonchev–Trinajstić information content (AvgIpc) is 3.07. The summed E-state index contributed by atoms with van der Waals surface area (Å²) in [5, 5.41) is 3.26. The minimum atomic E-state index is -0.988. The highest BCUT2D eigenvalue weighted by molar-refractivity contribution is 6.31. The molecule has 1 amide bonds. The van der Waals surface area contributed by atoms with Crippen molar-refractivity contribution in [2.75, 3.05) is 12.4 Å². The van der Waals surface area contributed by atoms with Crippen molar-refractivity contribution >= 4 is 40.2 Å². The van der Waals surface area contributed by atoms with E-state index in [9.17, 15) is 9.59 Å². The summed E-state index contributed by atoms with van der Waals surface area (Å²) < 4.78 is 12.4. The minimum absolute atomic E-state index is 0.0231. The number of esters is 1. The topological polar surface area (TPSA) is 82.5 Å². The first-order valence-corrected chi connectivity index (χ1v) is 10.0. The average molecular weight is 430 g/mol. The number of fused-ring (bicyclic) bond motifs is 1. The van der Waals surface area contributed by atoms with Crippen molar-refractivity contribution in [2.45, 2.75) is 39.8 Å². The number of aryl methyl sites for hydroxylation is 2. The predicted octanol–water partition coefficient (Wildman–Crippen LogP) is 4.14. The fraction of sp³-hybridized carbons (Fsp3) is 0.318.